The Morgan fingerprint density at radius 1 is 1.39 bits per heavy atom. The zero-order chi connectivity index (χ0) is 13.3. The molecule has 1 unspecified atom stereocenters. The van der Waals surface area contributed by atoms with Gasteiger partial charge in [0.2, 0.25) is 0 Å². The summed E-state index contributed by atoms with van der Waals surface area (Å²) in [5.74, 6) is 0. The van der Waals surface area contributed by atoms with Gasteiger partial charge in [0.25, 0.3) is 5.69 Å². The summed E-state index contributed by atoms with van der Waals surface area (Å²) in [4.78, 5) is 14.8. The number of hydrogen-bond acceptors (Lipinski definition) is 5. The van der Waals surface area contributed by atoms with Crippen molar-refractivity contribution in [2.45, 2.75) is 13.0 Å². The molecular weight excluding hydrogens is 232 g/mol. The standard InChI is InChI=1S/C12H18N4O2/c1-9-8-15(4-3-14(9)2)11-5-10(13)6-12(7-11)16(17)18/h5-7,9H,3-4,8,13H2,1-2H3. The number of nitro groups is 1. The van der Waals surface area contributed by atoms with Crippen molar-refractivity contribution in [3.63, 3.8) is 0 Å². The number of likely N-dealkylation sites (N-methyl/N-ethyl adjacent to an activating group) is 1. The molecule has 0 bridgehead atoms. The summed E-state index contributed by atoms with van der Waals surface area (Å²) in [6, 6.07) is 5.21. The Morgan fingerprint density at radius 2 is 2.11 bits per heavy atom. The Balaban J connectivity index is 2.25. The molecular formula is C12H18N4O2. The minimum Gasteiger partial charge on any atom is -0.398 e. The van der Waals surface area contributed by atoms with Crippen LogP contribution in [-0.2, 0) is 0 Å². The molecule has 1 aromatic carbocycles. The molecule has 1 saturated heterocycles. The highest BCUT2D eigenvalue weighted by atomic mass is 16.6. The summed E-state index contributed by atoms with van der Waals surface area (Å²) in [5, 5.41) is 10.8. The smallest absolute Gasteiger partial charge is 0.273 e. The zero-order valence-corrected chi connectivity index (χ0v) is 10.7. The Hall–Kier alpha value is -1.82. The van der Waals surface area contributed by atoms with E-state index in [0.717, 1.165) is 25.3 Å². The minimum absolute atomic E-state index is 0.0524. The molecule has 0 spiro atoms. The SMILES string of the molecule is CC1CN(c2cc(N)cc([N+](=O)[O-])c2)CCN1C. The Morgan fingerprint density at radius 3 is 2.72 bits per heavy atom. The summed E-state index contributed by atoms with van der Waals surface area (Å²) in [7, 11) is 2.09. The van der Waals surface area contributed by atoms with Crippen molar-refractivity contribution < 1.29 is 4.92 Å². The van der Waals surface area contributed by atoms with E-state index in [-0.39, 0.29) is 5.69 Å². The summed E-state index contributed by atoms with van der Waals surface area (Å²) in [5.41, 5.74) is 7.05. The molecule has 2 N–H and O–H groups in total. The fraction of sp³-hybridized carbons (Fsp3) is 0.500. The molecule has 98 valence electrons. The molecule has 0 aromatic heterocycles. The van der Waals surface area contributed by atoms with Crippen LogP contribution in [0, 0.1) is 10.1 Å². The van der Waals surface area contributed by atoms with Gasteiger partial charge in [-0.25, -0.2) is 0 Å². The Kier molecular flexibility index (Phi) is 3.38. The number of nitrogens with zero attached hydrogens (tertiary/aromatic N) is 3. The van der Waals surface area contributed by atoms with E-state index in [0.29, 0.717) is 11.7 Å². The first-order valence-electron chi connectivity index (χ1n) is 5.97. The van der Waals surface area contributed by atoms with Crippen molar-refractivity contribution in [1.29, 1.82) is 0 Å². The average molecular weight is 250 g/mol. The second-order valence-corrected chi connectivity index (χ2v) is 4.82. The lowest BCUT2D eigenvalue weighted by molar-refractivity contribution is -0.384. The van der Waals surface area contributed by atoms with Crippen molar-refractivity contribution in [2.24, 2.45) is 0 Å². The fourth-order valence-corrected chi connectivity index (χ4v) is 2.19. The third-order valence-electron chi connectivity index (χ3n) is 3.46. The van der Waals surface area contributed by atoms with E-state index in [2.05, 4.69) is 23.8 Å². The van der Waals surface area contributed by atoms with E-state index in [1.165, 1.54) is 6.07 Å². The summed E-state index contributed by atoms with van der Waals surface area (Å²) in [6.45, 7) is 4.81. The number of hydrogen-bond donors (Lipinski definition) is 1. The molecule has 6 nitrogen and oxygen atoms in total. The molecule has 1 aliphatic heterocycles. The van der Waals surface area contributed by atoms with E-state index in [1.807, 2.05) is 0 Å². The van der Waals surface area contributed by atoms with E-state index in [1.54, 1.807) is 12.1 Å². The van der Waals surface area contributed by atoms with Gasteiger partial charge in [-0.05, 0) is 20.0 Å². The summed E-state index contributed by atoms with van der Waals surface area (Å²) in [6.07, 6.45) is 0. The maximum Gasteiger partial charge on any atom is 0.273 e. The number of benzene rings is 1. The van der Waals surface area contributed by atoms with Crippen molar-refractivity contribution >= 4 is 17.1 Å². The predicted octanol–water partition coefficient (Wildman–Crippen LogP) is 1.32. The van der Waals surface area contributed by atoms with Gasteiger partial charge >= 0.3 is 0 Å². The number of rotatable bonds is 2. The molecule has 18 heavy (non-hydrogen) atoms. The maximum absolute atomic E-state index is 10.8. The molecule has 2 rings (SSSR count). The van der Waals surface area contributed by atoms with Gasteiger partial charge in [0.05, 0.1) is 4.92 Å². The van der Waals surface area contributed by atoms with Gasteiger partial charge in [0.15, 0.2) is 0 Å². The normalized spacial score (nSPS) is 21.0. The molecule has 0 amide bonds. The van der Waals surface area contributed by atoms with Crippen LogP contribution < -0.4 is 10.6 Å². The highest BCUT2D eigenvalue weighted by Crippen LogP contribution is 2.26. The second-order valence-electron chi connectivity index (χ2n) is 4.82. The van der Waals surface area contributed by atoms with Crippen molar-refractivity contribution in [2.75, 3.05) is 37.3 Å². The molecule has 0 aliphatic carbocycles. The van der Waals surface area contributed by atoms with Gasteiger partial charge in [-0.2, -0.15) is 0 Å². The van der Waals surface area contributed by atoms with E-state index in [9.17, 15) is 10.1 Å². The van der Waals surface area contributed by atoms with Crippen LogP contribution in [0.5, 0.6) is 0 Å². The maximum atomic E-state index is 10.8. The number of nitrogen functional groups attached to an aromatic ring is 1. The number of anilines is 2. The molecule has 1 aromatic rings. The summed E-state index contributed by atoms with van der Waals surface area (Å²) >= 11 is 0. The van der Waals surface area contributed by atoms with Crippen molar-refractivity contribution in [1.82, 2.24) is 4.90 Å². The van der Waals surface area contributed by atoms with Gasteiger partial charge in [-0.3, -0.25) is 10.1 Å². The van der Waals surface area contributed by atoms with Crippen molar-refractivity contribution in [3.8, 4) is 0 Å². The van der Waals surface area contributed by atoms with Gasteiger partial charge in [0.1, 0.15) is 0 Å². The van der Waals surface area contributed by atoms with E-state index >= 15 is 0 Å². The summed E-state index contributed by atoms with van der Waals surface area (Å²) < 4.78 is 0. The lowest BCUT2D eigenvalue weighted by Crippen LogP contribution is -2.50. The predicted molar refractivity (Wildman–Crippen MR) is 71.8 cm³/mol. The van der Waals surface area contributed by atoms with Crippen LogP contribution in [0.4, 0.5) is 17.1 Å². The monoisotopic (exact) mass is 250 g/mol. The number of piperazine rings is 1. The van der Waals surface area contributed by atoms with E-state index in [4.69, 9.17) is 5.73 Å². The van der Waals surface area contributed by atoms with Crippen LogP contribution in [-0.4, -0.2) is 42.5 Å². The van der Waals surface area contributed by atoms with Gasteiger partial charge in [0, 0.05) is 49.2 Å². The molecule has 0 saturated carbocycles. The molecule has 6 heteroatoms. The first-order valence-corrected chi connectivity index (χ1v) is 5.97. The zero-order valence-electron chi connectivity index (χ0n) is 10.7. The average Bonchev–Trinajstić information content (AvgIpc) is 2.31. The first kappa shape index (κ1) is 12.6. The van der Waals surface area contributed by atoms with Crippen molar-refractivity contribution in [3.05, 3.63) is 28.3 Å². The molecule has 1 atom stereocenters. The Bertz CT molecular complexity index is 463. The van der Waals surface area contributed by atoms with Gasteiger partial charge in [-0.15, -0.1) is 0 Å². The lowest BCUT2D eigenvalue weighted by atomic mass is 10.1. The number of non-ortho nitro benzene ring substituents is 1. The Labute approximate surface area is 106 Å². The van der Waals surface area contributed by atoms with E-state index < -0.39 is 4.92 Å². The molecule has 1 heterocycles. The quantitative estimate of drug-likeness (QED) is 0.486. The van der Waals surface area contributed by atoms with Crippen LogP contribution >= 0.6 is 0 Å². The lowest BCUT2D eigenvalue weighted by Gasteiger charge is -2.39. The van der Waals surface area contributed by atoms with Gasteiger partial charge < -0.3 is 15.5 Å². The number of nitrogens with two attached hydrogens (primary N) is 1. The minimum atomic E-state index is -0.403. The second kappa shape index (κ2) is 4.81. The third kappa shape index (κ3) is 2.53. The molecule has 1 fully saturated rings. The number of nitro benzene ring substituents is 1. The fourth-order valence-electron chi connectivity index (χ4n) is 2.19. The molecule has 1 aliphatic rings. The topological polar surface area (TPSA) is 75.6 Å². The van der Waals surface area contributed by atoms with Gasteiger partial charge in [-0.1, -0.05) is 0 Å². The highest BCUT2D eigenvalue weighted by molar-refractivity contribution is 5.63. The van der Waals surface area contributed by atoms with Crippen LogP contribution in [0.1, 0.15) is 6.92 Å². The first-order chi connectivity index (χ1) is 8.47. The molecule has 0 radical (unpaired) electrons. The highest BCUT2D eigenvalue weighted by Gasteiger charge is 2.22. The third-order valence-corrected chi connectivity index (χ3v) is 3.46. The largest absolute Gasteiger partial charge is 0.398 e. The van der Waals surface area contributed by atoms with Crippen LogP contribution in [0.2, 0.25) is 0 Å². The van der Waals surface area contributed by atoms with Crippen LogP contribution in [0.15, 0.2) is 18.2 Å². The van der Waals surface area contributed by atoms with Crippen LogP contribution in [0.3, 0.4) is 0 Å². The van der Waals surface area contributed by atoms with Crippen LogP contribution in [0.25, 0.3) is 0 Å².